The summed E-state index contributed by atoms with van der Waals surface area (Å²) in [6.45, 7) is 7.44. The van der Waals surface area contributed by atoms with E-state index in [1.165, 1.54) is 5.56 Å². The molecule has 1 unspecified atom stereocenters. The third kappa shape index (κ3) is 6.06. The number of carbonyl (C=O) groups is 1. The number of carbonyl (C=O) groups excluding carboxylic acids is 1. The number of hydrogen-bond donors (Lipinski definition) is 2. The number of benzene rings is 2. The molecule has 1 atom stereocenters. The Morgan fingerprint density at radius 1 is 0.973 bits per heavy atom. The number of aromatic nitrogens is 1. The molecule has 37 heavy (non-hydrogen) atoms. The van der Waals surface area contributed by atoms with Crippen molar-refractivity contribution in [2.75, 3.05) is 26.2 Å². The van der Waals surface area contributed by atoms with Crippen LogP contribution in [0.1, 0.15) is 55.0 Å². The fourth-order valence-corrected chi connectivity index (χ4v) is 4.34. The van der Waals surface area contributed by atoms with Gasteiger partial charge in [0.15, 0.2) is 0 Å². The maximum atomic E-state index is 13.3. The topological polar surface area (TPSA) is 101 Å². The largest absolute Gasteiger partial charge is 0.486 e. The smallest absolute Gasteiger partial charge is 0.272 e. The Morgan fingerprint density at radius 2 is 1.62 bits per heavy atom. The van der Waals surface area contributed by atoms with E-state index in [-0.39, 0.29) is 25.2 Å². The summed E-state index contributed by atoms with van der Waals surface area (Å²) in [5, 5.41) is 9.40. The number of pyridine rings is 1. The van der Waals surface area contributed by atoms with E-state index in [0.717, 1.165) is 16.7 Å². The molecule has 4 rings (SSSR count). The molecule has 2 aromatic carbocycles. The van der Waals surface area contributed by atoms with Crippen LogP contribution < -0.4 is 10.5 Å². The maximum Gasteiger partial charge on any atom is 0.272 e. The number of nitrogens with zero attached hydrogens (tertiary/aromatic N) is 3. The van der Waals surface area contributed by atoms with Gasteiger partial charge in [0.1, 0.15) is 17.6 Å². The van der Waals surface area contributed by atoms with E-state index in [0.29, 0.717) is 41.7 Å². The van der Waals surface area contributed by atoms with Gasteiger partial charge in [-0.3, -0.25) is 14.8 Å². The third-order valence-corrected chi connectivity index (χ3v) is 6.53. The number of β-amino-alcohol motifs (C(OH)–C–C–N with tert-alkyl or cyclic N) is 1. The molecule has 1 aliphatic heterocycles. The fraction of sp³-hybridized carbons (Fsp3) is 0.300. The molecule has 1 aromatic heterocycles. The Kier molecular flexibility index (Phi) is 8.36. The van der Waals surface area contributed by atoms with Gasteiger partial charge >= 0.3 is 0 Å². The molecule has 1 amide bonds. The van der Waals surface area contributed by atoms with Crippen molar-refractivity contribution in [1.82, 2.24) is 9.88 Å². The van der Waals surface area contributed by atoms with Gasteiger partial charge in [-0.2, -0.15) is 0 Å². The van der Waals surface area contributed by atoms with Crippen LogP contribution in [0.3, 0.4) is 0 Å². The first-order valence-electron chi connectivity index (χ1n) is 12.6. The normalized spacial score (nSPS) is 15.3. The summed E-state index contributed by atoms with van der Waals surface area (Å²) in [7, 11) is 0. The van der Waals surface area contributed by atoms with Crippen LogP contribution >= 0.6 is 0 Å². The number of aliphatic imine (C=N–C) groups is 1. The minimum Gasteiger partial charge on any atom is -0.486 e. The Bertz CT molecular complexity index is 1270. The van der Waals surface area contributed by atoms with Gasteiger partial charge in [0.2, 0.25) is 0 Å². The standard InChI is InChI=1S/C30H34N4O3/c1-20(2)22-4-6-23(7-5-22)21(3)37-26-10-8-24(9-11-26)27(28(31)25-12-14-32-15-13-25)29-30(36)34(18-19-35)17-16-33-29/h4-15,20-21,35H,16-19,31H2,1-3H3. The van der Waals surface area contributed by atoms with Crippen molar-refractivity contribution in [3.05, 3.63) is 95.3 Å². The highest BCUT2D eigenvalue weighted by atomic mass is 16.5. The molecule has 0 radical (unpaired) electrons. The third-order valence-electron chi connectivity index (χ3n) is 6.53. The molecule has 0 bridgehead atoms. The van der Waals surface area contributed by atoms with Crippen molar-refractivity contribution in [2.45, 2.75) is 32.8 Å². The predicted octanol–water partition coefficient (Wildman–Crippen LogP) is 4.45. The summed E-state index contributed by atoms with van der Waals surface area (Å²) in [6, 6.07) is 19.7. The van der Waals surface area contributed by atoms with Crippen LogP contribution in [0.5, 0.6) is 5.75 Å². The summed E-state index contributed by atoms with van der Waals surface area (Å²) in [5.41, 5.74) is 11.8. The number of nitrogens with two attached hydrogens (primary N) is 1. The van der Waals surface area contributed by atoms with Crippen LogP contribution in [0, 0.1) is 0 Å². The summed E-state index contributed by atoms with van der Waals surface area (Å²) >= 11 is 0. The zero-order valence-corrected chi connectivity index (χ0v) is 21.6. The second-order valence-corrected chi connectivity index (χ2v) is 9.38. The summed E-state index contributed by atoms with van der Waals surface area (Å²) in [4.78, 5) is 23.5. The second-order valence-electron chi connectivity index (χ2n) is 9.38. The number of ether oxygens (including phenoxy) is 1. The van der Waals surface area contributed by atoms with Crippen LogP contribution in [0.4, 0.5) is 0 Å². The van der Waals surface area contributed by atoms with Crippen LogP contribution in [0.15, 0.2) is 78.0 Å². The van der Waals surface area contributed by atoms with Gasteiger partial charge < -0.3 is 20.5 Å². The molecule has 0 fully saturated rings. The van der Waals surface area contributed by atoms with Crippen LogP contribution in [-0.4, -0.2) is 52.9 Å². The molecule has 2 heterocycles. The molecule has 0 aliphatic carbocycles. The van der Waals surface area contributed by atoms with E-state index in [9.17, 15) is 9.90 Å². The lowest BCUT2D eigenvalue weighted by atomic mass is 9.94. The van der Waals surface area contributed by atoms with Crippen LogP contribution in [0.2, 0.25) is 0 Å². The number of aliphatic hydroxyl groups is 1. The van der Waals surface area contributed by atoms with Crippen molar-refractivity contribution in [3.63, 3.8) is 0 Å². The zero-order chi connectivity index (χ0) is 26.4. The second kappa shape index (κ2) is 11.8. The van der Waals surface area contributed by atoms with E-state index in [4.69, 9.17) is 10.5 Å². The highest BCUT2D eigenvalue weighted by Crippen LogP contribution is 2.29. The number of hydrogen-bond acceptors (Lipinski definition) is 6. The molecular formula is C30H34N4O3. The number of amides is 1. The molecule has 7 heteroatoms. The summed E-state index contributed by atoms with van der Waals surface area (Å²) in [6.07, 6.45) is 3.20. The number of aliphatic hydroxyl groups excluding tert-OH is 1. The highest BCUT2D eigenvalue weighted by molar-refractivity contribution is 6.58. The first kappa shape index (κ1) is 26.1. The van der Waals surface area contributed by atoms with Crippen molar-refractivity contribution in [3.8, 4) is 5.75 Å². The van der Waals surface area contributed by atoms with E-state index in [1.807, 2.05) is 31.2 Å². The molecule has 7 nitrogen and oxygen atoms in total. The van der Waals surface area contributed by atoms with E-state index in [1.54, 1.807) is 29.4 Å². The van der Waals surface area contributed by atoms with E-state index >= 15 is 0 Å². The summed E-state index contributed by atoms with van der Waals surface area (Å²) < 4.78 is 6.21. The SMILES string of the molecule is CC(C)c1ccc(C(C)Oc2ccc(C(C3=NCCN(CCO)C3=O)=C(N)c3ccncc3)cc2)cc1. The monoisotopic (exact) mass is 498 g/mol. The van der Waals surface area contributed by atoms with Gasteiger partial charge in [-0.15, -0.1) is 0 Å². The Hall–Kier alpha value is -3.97. The maximum absolute atomic E-state index is 13.3. The lowest BCUT2D eigenvalue weighted by Gasteiger charge is -2.27. The predicted molar refractivity (Wildman–Crippen MR) is 147 cm³/mol. The van der Waals surface area contributed by atoms with Gasteiger partial charge in [-0.05, 0) is 53.8 Å². The number of rotatable bonds is 9. The lowest BCUT2D eigenvalue weighted by molar-refractivity contribution is -0.124. The molecule has 192 valence electrons. The average Bonchev–Trinajstić information content (AvgIpc) is 2.92. The first-order valence-corrected chi connectivity index (χ1v) is 12.6. The molecule has 0 saturated heterocycles. The lowest BCUT2D eigenvalue weighted by Crippen LogP contribution is -2.44. The highest BCUT2D eigenvalue weighted by Gasteiger charge is 2.28. The molecule has 0 spiro atoms. The Balaban J connectivity index is 1.63. The zero-order valence-electron chi connectivity index (χ0n) is 21.6. The fourth-order valence-electron chi connectivity index (χ4n) is 4.34. The molecular weight excluding hydrogens is 464 g/mol. The average molecular weight is 499 g/mol. The minimum absolute atomic E-state index is 0.109. The van der Waals surface area contributed by atoms with Crippen molar-refractivity contribution >= 4 is 22.9 Å². The van der Waals surface area contributed by atoms with Gasteiger partial charge in [0, 0.05) is 42.3 Å². The Morgan fingerprint density at radius 3 is 2.24 bits per heavy atom. The first-order chi connectivity index (χ1) is 17.9. The van der Waals surface area contributed by atoms with E-state index in [2.05, 4.69) is 48.1 Å². The quantitative estimate of drug-likeness (QED) is 0.454. The van der Waals surface area contributed by atoms with Gasteiger partial charge in [-0.25, -0.2) is 0 Å². The minimum atomic E-state index is -0.244. The van der Waals surface area contributed by atoms with Crippen molar-refractivity contribution < 1.29 is 14.6 Å². The van der Waals surface area contributed by atoms with Gasteiger partial charge in [0.05, 0.1) is 13.2 Å². The summed E-state index contributed by atoms with van der Waals surface area (Å²) in [5.74, 6) is 0.951. The van der Waals surface area contributed by atoms with Crippen LogP contribution in [-0.2, 0) is 4.79 Å². The van der Waals surface area contributed by atoms with E-state index < -0.39 is 0 Å². The molecule has 3 N–H and O–H groups in total. The Labute approximate surface area is 218 Å². The van der Waals surface area contributed by atoms with Crippen molar-refractivity contribution in [1.29, 1.82) is 0 Å². The molecule has 1 aliphatic rings. The molecule has 0 saturated carbocycles. The van der Waals surface area contributed by atoms with Crippen LogP contribution in [0.25, 0.3) is 11.3 Å². The van der Waals surface area contributed by atoms with Gasteiger partial charge in [-0.1, -0.05) is 50.2 Å². The molecule has 3 aromatic rings. The van der Waals surface area contributed by atoms with Gasteiger partial charge in [0.25, 0.3) is 5.91 Å². The van der Waals surface area contributed by atoms with Crippen molar-refractivity contribution in [2.24, 2.45) is 10.7 Å².